The number of benzene rings is 1. The zero-order valence-electron chi connectivity index (χ0n) is 11.4. The van der Waals surface area contributed by atoms with Crippen LogP contribution in [-0.4, -0.2) is 13.1 Å². The van der Waals surface area contributed by atoms with Crippen molar-refractivity contribution < 1.29 is 0 Å². The van der Waals surface area contributed by atoms with Crippen LogP contribution in [0.4, 0.5) is 0 Å². The molecule has 0 amide bonds. The van der Waals surface area contributed by atoms with Crippen molar-refractivity contribution in [3.63, 3.8) is 0 Å². The van der Waals surface area contributed by atoms with Gasteiger partial charge in [0.15, 0.2) is 0 Å². The van der Waals surface area contributed by atoms with Gasteiger partial charge in [-0.15, -0.1) is 0 Å². The highest BCUT2D eigenvalue weighted by atomic mass is 32.1. The summed E-state index contributed by atoms with van der Waals surface area (Å²) in [5.74, 6) is 0.694. The molecule has 2 aromatic rings. The van der Waals surface area contributed by atoms with Crippen LogP contribution in [0.5, 0.6) is 0 Å². The SMILES string of the molecule is CNC(CCc1ccsc1)C1CCc2ccccc21. The highest BCUT2D eigenvalue weighted by molar-refractivity contribution is 7.07. The summed E-state index contributed by atoms with van der Waals surface area (Å²) in [5.41, 5.74) is 4.62. The second-order valence-electron chi connectivity index (χ2n) is 5.41. The van der Waals surface area contributed by atoms with E-state index in [0.717, 1.165) is 0 Å². The van der Waals surface area contributed by atoms with Gasteiger partial charge < -0.3 is 5.32 Å². The number of likely N-dealkylation sites (N-methyl/N-ethyl adjacent to an activating group) is 1. The van der Waals surface area contributed by atoms with Gasteiger partial charge in [-0.05, 0) is 72.2 Å². The predicted molar refractivity (Wildman–Crippen MR) is 83.0 cm³/mol. The van der Waals surface area contributed by atoms with Gasteiger partial charge in [0.2, 0.25) is 0 Å². The third kappa shape index (κ3) is 2.75. The van der Waals surface area contributed by atoms with Crippen molar-refractivity contribution in [3.05, 3.63) is 57.8 Å². The van der Waals surface area contributed by atoms with Crippen molar-refractivity contribution in [2.75, 3.05) is 7.05 Å². The molecule has 0 fully saturated rings. The highest BCUT2D eigenvalue weighted by Gasteiger charge is 2.28. The second kappa shape index (κ2) is 5.89. The maximum atomic E-state index is 3.55. The monoisotopic (exact) mass is 271 g/mol. The van der Waals surface area contributed by atoms with Gasteiger partial charge in [-0.25, -0.2) is 0 Å². The summed E-state index contributed by atoms with van der Waals surface area (Å²) in [6, 6.07) is 11.8. The Balaban J connectivity index is 1.69. The molecule has 1 aliphatic rings. The van der Waals surface area contributed by atoms with Gasteiger partial charge >= 0.3 is 0 Å². The van der Waals surface area contributed by atoms with Crippen LogP contribution in [0.15, 0.2) is 41.1 Å². The Hall–Kier alpha value is -1.12. The molecule has 1 N–H and O–H groups in total. The van der Waals surface area contributed by atoms with Crippen molar-refractivity contribution in [3.8, 4) is 0 Å². The fourth-order valence-electron chi connectivity index (χ4n) is 3.31. The molecule has 0 saturated carbocycles. The van der Waals surface area contributed by atoms with Crippen LogP contribution in [0.2, 0.25) is 0 Å². The largest absolute Gasteiger partial charge is 0.316 e. The van der Waals surface area contributed by atoms with E-state index in [4.69, 9.17) is 0 Å². The molecule has 1 aliphatic carbocycles. The van der Waals surface area contributed by atoms with Gasteiger partial charge in [-0.3, -0.25) is 0 Å². The molecule has 0 bridgehead atoms. The number of hydrogen-bond acceptors (Lipinski definition) is 2. The molecule has 3 rings (SSSR count). The maximum Gasteiger partial charge on any atom is 0.0136 e. The molecule has 1 aromatic carbocycles. The second-order valence-corrected chi connectivity index (χ2v) is 6.19. The van der Waals surface area contributed by atoms with E-state index in [1.54, 1.807) is 22.5 Å². The van der Waals surface area contributed by atoms with Gasteiger partial charge in [0.05, 0.1) is 0 Å². The van der Waals surface area contributed by atoms with E-state index in [1.807, 2.05) is 0 Å². The lowest BCUT2D eigenvalue weighted by atomic mass is 9.89. The summed E-state index contributed by atoms with van der Waals surface area (Å²) in [4.78, 5) is 0. The predicted octanol–water partition coefficient (Wildman–Crippen LogP) is 4.00. The molecule has 2 heteroatoms. The molecule has 19 heavy (non-hydrogen) atoms. The fraction of sp³-hybridized carbons (Fsp3) is 0.412. The summed E-state index contributed by atoms with van der Waals surface area (Å²) < 4.78 is 0. The van der Waals surface area contributed by atoms with E-state index < -0.39 is 0 Å². The molecule has 2 atom stereocenters. The summed E-state index contributed by atoms with van der Waals surface area (Å²) in [6.45, 7) is 0. The van der Waals surface area contributed by atoms with Crippen LogP contribution >= 0.6 is 11.3 Å². The van der Waals surface area contributed by atoms with Crippen molar-refractivity contribution in [2.24, 2.45) is 0 Å². The molecule has 1 heterocycles. The van der Waals surface area contributed by atoms with Crippen LogP contribution in [0, 0.1) is 0 Å². The first-order valence-corrected chi connectivity index (χ1v) is 8.09. The Morgan fingerprint density at radius 1 is 1.32 bits per heavy atom. The standard InChI is InChI=1S/C17H21NS/c1-18-17(9-6-13-10-11-19-12-13)16-8-7-14-4-2-3-5-15(14)16/h2-5,10-12,16-18H,6-9H2,1H3. The fourth-order valence-corrected chi connectivity index (χ4v) is 4.01. The Labute approximate surface area is 119 Å². The van der Waals surface area contributed by atoms with Crippen LogP contribution < -0.4 is 5.32 Å². The third-order valence-electron chi connectivity index (χ3n) is 4.36. The number of thiophene rings is 1. The number of fused-ring (bicyclic) bond motifs is 1. The normalized spacial score (nSPS) is 19.3. The topological polar surface area (TPSA) is 12.0 Å². The van der Waals surface area contributed by atoms with Gasteiger partial charge in [-0.1, -0.05) is 24.3 Å². The molecule has 0 spiro atoms. The zero-order chi connectivity index (χ0) is 13.1. The average Bonchev–Trinajstić information content (AvgIpc) is 3.09. The first-order chi connectivity index (χ1) is 9.38. The lowest BCUT2D eigenvalue weighted by Crippen LogP contribution is -2.31. The first kappa shape index (κ1) is 12.9. The molecule has 100 valence electrons. The number of nitrogens with one attached hydrogen (secondary N) is 1. The van der Waals surface area contributed by atoms with E-state index in [-0.39, 0.29) is 0 Å². The molecule has 0 aliphatic heterocycles. The molecule has 0 radical (unpaired) electrons. The van der Waals surface area contributed by atoms with Crippen LogP contribution in [0.3, 0.4) is 0 Å². The van der Waals surface area contributed by atoms with Crippen molar-refractivity contribution in [1.82, 2.24) is 5.32 Å². The number of aryl methyl sites for hydroxylation is 2. The van der Waals surface area contributed by atoms with E-state index in [9.17, 15) is 0 Å². The third-order valence-corrected chi connectivity index (χ3v) is 5.09. The Morgan fingerprint density at radius 3 is 3.00 bits per heavy atom. The van der Waals surface area contributed by atoms with Crippen molar-refractivity contribution in [1.29, 1.82) is 0 Å². The Bertz CT molecular complexity index is 518. The van der Waals surface area contributed by atoms with Gasteiger partial charge in [0.25, 0.3) is 0 Å². The Kier molecular flexibility index (Phi) is 4.00. The van der Waals surface area contributed by atoms with Crippen LogP contribution in [0.25, 0.3) is 0 Å². The first-order valence-electron chi connectivity index (χ1n) is 7.14. The highest BCUT2D eigenvalue weighted by Crippen LogP contribution is 2.36. The Morgan fingerprint density at radius 2 is 2.21 bits per heavy atom. The van der Waals surface area contributed by atoms with Gasteiger partial charge in [0, 0.05) is 6.04 Å². The molecular weight excluding hydrogens is 250 g/mol. The molecular formula is C17H21NS. The van der Waals surface area contributed by atoms with E-state index in [2.05, 4.69) is 53.5 Å². The summed E-state index contributed by atoms with van der Waals surface area (Å²) in [6.07, 6.45) is 4.96. The van der Waals surface area contributed by atoms with E-state index in [1.165, 1.54) is 31.2 Å². The summed E-state index contributed by atoms with van der Waals surface area (Å²) in [7, 11) is 2.11. The van der Waals surface area contributed by atoms with Crippen LogP contribution in [0.1, 0.15) is 35.4 Å². The van der Waals surface area contributed by atoms with E-state index >= 15 is 0 Å². The minimum atomic E-state index is 0.601. The molecule has 0 saturated heterocycles. The molecule has 1 aromatic heterocycles. The number of rotatable bonds is 5. The minimum absolute atomic E-state index is 0.601. The lowest BCUT2D eigenvalue weighted by Gasteiger charge is -2.24. The smallest absolute Gasteiger partial charge is 0.0136 e. The van der Waals surface area contributed by atoms with E-state index in [0.29, 0.717) is 12.0 Å². The average molecular weight is 271 g/mol. The minimum Gasteiger partial charge on any atom is -0.316 e. The lowest BCUT2D eigenvalue weighted by molar-refractivity contribution is 0.433. The number of hydrogen-bond donors (Lipinski definition) is 1. The van der Waals surface area contributed by atoms with Crippen molar-refractivity contribution >= 4 is 11.3 Å². The van der Waals surface area contributed by atoms with Crippen molar-refractivity contribution in [2.45, 2.75) is 37.6 Å². The quantitative estimate of drug-likeness (QED) is 0.866. The summed E-state index contributed by atoms with van der Waals surface area (Å²) >= 11 is 1.80. The maximum absolute atomic E-state index is 3.55. The summed E-state index contributed by atoms with van der Waals surface area (Å²) in [5, 5.41) is 8.00. The zero-order valence-corrected chi connectivity index (χ0v) is 12.2. The van der Waals surface area contributed by atoms with Gasteiger partial charge in [-0.2, -0.15) is 11.3 Å². The molecule has 2 unspecified atom stereocenters. The van der Waals surface area contributed by atoms with Crippen LogP contribution in [-0.2, 0) is 12.8 Å². The van der Waals surface area contributed by atoms with Gasteiger partial charge in [0.1, 0.15) is 0 Å². The molecule has 1 nitrogen and oxygen atoms in total.